The van der Waals surface area contributed by atoms with E-state index in [0.717, 1.165) is 17.3 Å². The third-order valence-electron chi connectivity index (χ3n) is 3.49. The summed E-state index contributed by atoms with van der Waals surface area (Å²) in [5.41, 5.74) is 0.667. The number of benzene rings is 1. The van der Waals surface area contributed by atoms with Gasteiger partial charge in [0.15, 0.2) is 0 Å². The standard InChI is InChI=1S/C13H13BrClNO2/c14-12-5-8(15)1-4-11(12)13(17)16-6-9-2-3-10(7-16)18-9/h1,4-5,9-10H,2-3,6-7H2. The molecule has 0 radical (unpaired) electrons. The van der Waals surface area contributed by atoms with Crippen molar-refractivity contribution >= 4 is 33.4 Å². The maximum Gasteiger partial charge on any atom is 0.255 e. The predicted octanol–water partition coefficient (Wildman–Crippen LogP) is 3.11. The van der Waals surface area contributed by atoms with Crippen LogP contribution >= 0.6 is 27.5 Å². The van der Waals surface area contributed by atoms with Crippen molar-refractivity contribution in [2.45, 2.75) is 25.0 Å². The van der Waals surface area contributed by atoms with E-state index < -0.39 is 0 Å². The number of morpholine rings is 1. The lowest BCUT2D eigenvalue weighted by Gasteiger charge is -2.32. The number of hydrogen-bond donors (Lipinski definition) is 0. The van der Waals surface area contributed by atoms with Gasteiger partial charge >= 0.3 is 0 Å². The second-order valence-electron chi connectivity index (χ2n) is 4.79. The highest BCUT2D eigenvalue weighted by molar-refractivity contribution is 9.10. The molecule has 3 rings (SSSR count). The lowest BCUT2D eigenvalue weighted by atomic mass is 10.2. The molecule has 2 aliphatic heterocycles. The molecule has 0 spiro atoms. The molecular weight excluding hydrogens is 318 g/mol. The molecule has 0 aliphatic carbocycles. The Morgan fingerprint density at radius 1 is 1.33 bits per heavy atom. The number of carbonyl (C=O) groups excluding carboxylic acids is 1. The molecule has 2 fully saturated rings. The topological polar surface area (TPSA) is 29.5 Å². The van der Waals surface area contributed by atoms with Gasteiger partial charge in [0, 0.05) is 22.6 Å². The molecule has 1 aromatic carbocycles. The fourth-order valence-electron chi connectivity index (χ4n) is 2.61. The van der Waals surface area contributed by atoms with Crippen LogP contribution in [0.1, 0.15) is 23.2 Å². The molecular formula is C13H13BrClNO2. The first-order valence-corrected chi connectivity index (χ1v) is 7.20. The van der Waals surface area contributed by atoms with Crippen LogP contribution in [-0.2, 0) is 4.74 Å². The third kappa shape index (κ3) is 2.29. The van der Waals surface area contributed by atoms with Crippen LogP contribution in [0, 0.1) is 0 Å². The minimum atomic E-state index is 0.0544. The van der Waals surface area contributed by atoms with Gasteiger partial charge in [0.2, 0.25) is 0 Å². The molecule has 2 saturated heterocycles. The van der Waals surface area contributed by atoms with E-state index in [4.69, 9.17) is 16.3 Å². The van der Waals surface area contributed by atoms with Gasteiger partial charge in [0.25, 0.3) is 5.91 Å². The Bertz CT molecular complexity index is 482. The molecule has 0 N–H and O–H groups in total. The molecule has 96 valence electrons. The molecule has 5 heteroatoms. The van der Waals surface area contributed by atoms with Crippen LogP contribution in [0.5, 0.6) is 0 Å². The number of fused-ring (bicyclic) bond motifs is 2. The normalized spacial score (nSPS) is 26.4. The predicted molar refractivity (Wildman–Crippen MR) is 73.0 cm³/mol. The fraction of sp³-hybridized carbons (Fsp3) is 0.462. The van der Waals surface area contributed by atoms with E-state index in [1.54, 1.807) is 18.2 Å². The average Bonchev–Trinajstić information content (AvgIpc) is 2.67. The number of halogens is 2. The van der Waals surface area contributed by atoms with E-state index in [1.807, 2.05) is 4.90 Å². The van der Waals surface area contributed by atoms with Crippen molar-refractivity contribution in [2.75, 3.05) is 13.1 Å². The Labute approximate surface area is 119 Å². The zero-order valence-corrected chi connectivity index (χ0v) is 12.1. The summed E-state index contributed by atoms with van der Waals surface area (Å²) in [5.74, 6) is 0.0544. The molecule has 1 aromatic rings. The van der Waals surface area contributed by atoms with Crippen LogP contribution in [0.4, 0.5) is 0 Å². The first-order chi connectivity index (χ1) is 8.63. The SMILES string of the molecule is O=C(c1ccc(Cl)cc1Br)N1CC2CCC(C1)O2. The van der Waals surface area contributed by atoms with Crippen LogP contribution < -0.4 is 0 Å². The van der Waals surface area contributed by atoms with Crippen LogP contribution in [-0.4, -0.2) is 36.1 Å². The zero-order chi connectivity index (χ0) is 12.7. The summed E-state index contributed by atoms with van der Waals surface area (Å²) in [5, 5.41) is 0.625. The number of amides is 1. The monoisotopic (exact) mass is 329 g/mol. The number of hydrogen-bond acceptors (Lipinski definition) is 2. The first-order valence-electron chi connectivity index (χ1n) is 6.03. The van der Waals surface area contributed by atoms with Gasteiger partial charge < -0.3 is 9.64 Å². The summed E-state index contributed by atoms with van der Waals surface area (Å²) >= 11 is 9.29. The summed E-state index contributed by atoms with van der Waals surface area (Å²) in [7, 11) is 0. The Morgan fingerprint density at radius 2 is 2.00 bits per heavy atom. The maximum atomic E-state index is 12.4. The summed E-state index contributed by atoms with van der Waals surface area (Å²) in [6.07, 6.45) is 2.57. The molecule has 2 atom stereocenters. The minimum absolute atomic E-state index is 0.0544. The molecule has 0 saturated carbocycles. The van der Waals surface area contributed by atoms with Crippen LogP contribution in [0.25, 0.3) is 0 Å². The molecule has 3 nitrogen and oxygen atoms in total. The Morgan fingerprint density at radius 3 is 2.61 bits per heavy atom. The summed E-state index contributed by atoms with van der Waals surface area (Å²) < 4.78 is 6.49. The lowest BCUT2D eigenvalue weighted by Crippen LogP contribution is -2.45. The van der Waals surface area contributed by atoms with Crippen molar-refractivity contribution in [1.29, 1.82) is 0 Å². The minimum Gasteiger partial charge on any atom is -0.371 e. The van der Waals surface area contributed by atoms with Crippen molar-refractivity contribution in [3.8, 4) is 0 Å². The molecule has 2 aliphatic rings. The number of rotatable bonds is 1. The van der Waals surface area contributed by atoms with E-state index in [0.29, 0.717) is 23.7 Å². The fourth-order valence-corrected chi connectivity index (χ4v) is 3.47. The highest BCUT2D eigenvalue weighted by atomic mass is 79.9. The Balaban J connectivity index is 1.82. The Kier molecular flexibility index (Phi) is 3.34. The highest BCUT2D eigenvalue weighted by Crippen LogP contribution is 2.29. The van der Waals surface area contributed by atoms with Crippen molar-refractivity contribution in [1.82, 2.24) is 4.90 Å². The van der Waals surface area contributed by atoms with E-state index in [2.05, 4.69) is 15.9 Å². The van der Waals surface area contributed by atoms with Gasteiger partial charge in [-0.2, -0.15) is 0 Å². The van der Waals surface area contributed by atoms with Crippen molar-refractivity contribution in [3.63, 3.8) is 0 Å². The van der Waals surface area contributed by atoms with Crippen LogP contribution in [0.2, 0.25) is 5.02 Å². The van der Waals surface area contributed by atoms with E-state index in [-0.39, 0.29) is 18.1 Å². The maximum absolute atomic E-state index is 12.4. The second kappa shape index (κ2) is 4.83. The highest BCUT2D eigenvalue weighted by Gasteiger charge is 2.36. The average molecular weight is 331 g/mol. The zero-order valence-electron chi connectivity index (χ0n) is 9.73. The molecule has 2 unspecified atom stereocenters. The summed E-state index contributed by atoms with van der Waals surface area (Å²) in [6.45, 7) is 1.40. The molecule has 2 heterocycles. The van der Waals surface area contributed by atoms with Gasteiger partial charge in [0.1, 0.15) is 0 Å². The quantitative estimate of drug-likeness (QED) is 0.792. The smallest absolute Gasteiger partial charge is 0.255 e. The van der Waals surface area contributed by atoms with Crippen LogP contribution in [0.15, 0.2) is 22.7 Å². The summed E-state index contributed by atoms with van der Waals surface area (Å²) in [4.78, 5) is 14.3. The van der Waals surface area contributed by atoms with Crippen LogP contribution in [0.3, 0.4) is 0 Å². The van der Waals surface area contributed by atoms with Crippen molar-refractivity contribution in [3.05, 3.63) is 33.3 Å². The van der Waals surface area contributed by atoms with Gasteiger partial charge in [-0.1, -0.05) is 11.6 Å². The third-order valence-corrected chi connectivity index (χ3v) is 4.38. The van der Waals surface area contributed by atoms with Gasteiger partial charge in [0.05, 0.1) is 17.8 Å². The largest absolute Gasteiger partial charge is 0.371 e. The van der Waals surface area contributed by atoms with E-state index >= 15 is 0 Å². The Hall–Kier alpha value is -0.580. The van der Waals surface area contributed by atoms with E-state index in [9.17, 15) is 4.79 Å². The van der Waals surface area contributed by atoms with Gasteiger partial charge in [-0.25, -0.2) is 0 Å². The number of nitrogens with zero attached hydrogens (tertiary/aromatic N) is 1. The van der Waals surface area contributed by atoms with Crippen molar-refractivity contribution < 1.29 is 9.53 Å². The molecule has 1 amide bonds. The van der Waals surface area contributed by atoms with Gasteiger partial charge in [-0.3, -0.25) is 4.79 Å². The first kappa shape index (κ1) is 12.5. The molecule has 2 bridgehead atoms. The van der Waals surface area contributed by atoms with Gasteiger partial charge in [-0.05, 0) is 47.0 Å². The van der Waals surface area contributed by atoms with Gasteiger partial charge in [-0.15, -0.1) is 0 Å². The number of carbonyl (C=O) groups is 1. The lowest BCUT2D eigenvalue weighted by molar-refractivity contribution is -0.0303. The second-order valence-corrected chi connectivity index (χ2v) is 6.08. The number of likely N-dealkylation sites (tertiary alicyclic amines) is 1. The molecule has 0 aromatic heterocycles. The van der Waals surface area contributed by atoms with E-state index in [1.165, 1.54) is 0 Å². The molecule has 18 heavy (non-hydrogen) atoms. The van der Waals surface area contributed by atoms with Crippen molar-refractivity contribution in [2.24, 2.45) is 0 Å². The summed E-state index contributed by atoms with van der Waals surface area (Å²) in [6, 6.07) is 5.27. The number of ether oxygens (including phenoxy) is 1.